The number of nitrogens with zero attached hydrogens (tertiary/aromatic N) is 3. The fourth-order valence-electron chi connectivity index (χ4n) is 4.22. The van der Waals surface area contributed by atoms with Gasteiger partial charge in [-0.15, -0.1) is 0 Å². The Morgan fingerprint density at radius 1 is 0.529 bits per heavy atom. The highest BCUT2D eigenvalue weighted by Crippen LogP contribution is 2.31. The number of hydrogen-bond donors (Lipinski definition) is 2. The second-order valence-corrected chi connectivity index (χ2v) is 8.13. The maximum Gasteiger partial charge on any atom is 0.164 e. The van der Waals surface area contributed by atoms with Gasteiger partial charge in [0, 0.05) is 22.3 Å². The first-order chi connectivity index (χ1) is 16.7. The van der Waals surface area contributed by atoms with Gasteiger partial charge in [0.2, 0.25) is 0 Å². The van der Waals surface area contributed by atoms with Crippen LogP contribution in [0.4, 0.5) is 0 Å². The van der Waals surface area contributed by atoms with Gasteiger partial charge in [-0.25, -0.2) is 15.0 Å². The first kappa shape index (κ1) is 19.9. The lowest BCUT2D eigenvalue weighted by Crippen LogP contribution is -2.16. The van der Waals surface area contributed by atoms with Crippen LogP contribution in [0, 0.1) is 10.8 Å². The minimum atomic E-state index is 0.211. The van der Waals surface area contributed by atoms with Gasteiger partial charge in [-0.3, -0.25) is 10.8 Å². The molecule has 2 N–H and O–H groups in total. The van der Waals surface area contributed by atoms with Gasteiger partial charge in [0.25, 0.3) is 0 Å². The SMILES string of the molecule is N=C1C=Cc2ccc3ccc(-c4nc(-c5ccccc5)nc(-c5ccccc5)n4)cc3c2C1=N. The van der Waals surface area contributed by atoms with Crippen LogP contribution in [0.5, 0.6) is 0 Å². The van der Waals surface area contributed by atoms with Crippen molar-refractivity contribution in [1.29, 1.82) is 10.8 Å². The van der Waals surface area contributed by atoms with E-state index in [0.717, 1.165) is 38.6 Å². The summed E-state index contributed by atoms with van der Waals surface area (Å²) in [5.41, 5.74) is 4.83. The first-order valence-corrected chi connectivity index (χ1v) is 11.0. The van der Waals surface area contributed by atoms with E-state index in [1.54, 1.807) is 6.08 Å². The minimum Gasteiger partial charge on any atom is -0.299 e. The average molecular weight is 438 g/mol. The largest absolute Gasteiger partial charge is 0.299 e. The number of aromatic nitrogens is 3. The third-order valence-corrected chi connectivity index (χ3v) is 5.96. The van der Waals surface area contributed by atoms with Gasteiger partial charge in [0.1, 0.15) is 0 Å². The molecule has 0 atom stereocenters. The van der Waals surface area contributed by atoms with Crippen LogP contribution in [0.1, 0.15) is 11.1 Å². The fourth-order valence-corrected chi connectivity index (χ4v) is 4.22. The van der Waals surface area contributed by atoms with Crippen LogP contribution in [-0.2, 0) is 0 Å². The lowest BCUT2D eigenvalue weighted by molar-refractivity contribution is 1.07. The van der Waals surface area contributed by atoms with Crippen molar-refractivity contribution < 1.29 is 0 Å². The first-order valence-electron chi connectivity index (χ1n) is 11.0. The molecule has 1 heterocycles. The molecule has 160 valence electrons. The number of allylic oxidation sites excluding steroid dienone is 1. The molecule has 5 nitrogen and oxygen atoms in total. The average Bonchev–Trinajstić information content (AvgIpc) is 2.91. The summed E-state index contributed by atoms with van der Waals surface area (Å²) < 4.78 is 0. The van der Waals surface area contributed by atoms with Crippen molar-refractivity contribution in [1.82, 2.24) is 15.0 Å². The van der Waals surface area contributed by atoms with E-state index in [0.29, 0.717) is 17.5 Å². The number of hydrogen-bond acceptors (Lipinski definition) is 5. The van der Waals surface area contributed by atoms with Crippen LogP contribution < -0.4 is 0 Å². The molecule has 5 aromatic rings. The van der Waals surface area contributed by atoms with Crippen LogP contribution >= 0.6 is 0 Å². The van der Waals surface area contributed by atoms with Crippen molar-refractivity contribution in [3.63, 3.8) is 0 Å². The molecular formula is C29H19N5. The second kappa shape index (κ2) is 7.98. The highest BCUT2D eigenvalue weighted by atomic mass is 15.0. The molecule has 34 heavy (non-hydrogen) atoms. The van der Waals surface area contributed by atoms with Crippen molar-refractivity contribution in [3.8, 4) is 34.2 Å². The molecule has 5 heteroatoms. The minimum absolute atomic E-state index is 0.211. The van der Waals surface area contributed by atoms with E-state index in [1.807, 2.05) is 97.1 Å². The summed E-state index contributed by atoms with van der Waals surface area (Å²) in [6.45, 7) is 0. The standard InChI is InChI=1S/C29H19N5/c30-24-16-15-19-13-11-18-12-14-22(17-23(18)25(19)26(24)31)29-33-27(20-7-3-1-4-8-20)32-28(34-29)21-9-5-2-6-10-21/h1-17,30-31H. The Morgan fingerprint density at radius 3 is 1.71 bits per heavy atom. The lowest BCUT2D eigenvalue weighted by Gasteiger charge is -2.16. The van der Waals surface area contributed by atoms with Gasteiger partial charge in [0.15, 0.2) is 17.5 Å². The van der Waals surface area contributed by atoms with Crippen molar-refractivity contribution in [2.45, 2.75) is 0 Å². The van der Waals surface area contributed by atoms with Crippen LogP contribution in [0.25, 0.3) is 51.0 Å². The Labute approximate surface area is 196 Å². The molecule has 0 amide bonds. The third kappa shape index (κ3) is 3.40. The van der Waals surface area contributed by atoms with Crippen molar-refractivity contribution >= 4 is 28.3 Å². The van der Waals surface area contributed by atoms with Crippen LogP contribution in [0.15, 0.2) is 97.1 Å². The summed E-state index contributed by atoms with van der Waals surface area (Å²) in [5, 5.41) is 18.6. The van der Waals surface area contributed by atoms with E-state index in [2.05, 4.69) is 0 Å². The number of fused-ring (bicyclic) bond motifs is 3. The summed E-state index contributed by atoms with van der Waals surface area (Å²) in [7, 11) is 0. The molecular weight excluding hydrogens is 418 g/mol. The maximum atomic E-state index is 8.51. The zero-order chi connectivity index (χ0) is 23.1. The van der Waals surface area contributed by atoms with Gasteiger partial charge in [-0.05, 0) is 28.5 Å². The molecule has 0 saturated carbocycles. The van der Waals surface area contributed by atoms with E-state index in [-0.39, 0.29) is 11.4 Å². The molecule has 0 fully saturated rings. The zero-order valence-corrected chi connectivity index (χ0v) is 18.2. The predicted molar refractivity (Wildman–Crippen MR) is 137 cm³/mol. The third-order valence-electron chi connectivity index (χ3n) is 5.96. The van der Waals surface area contributed by atoms with Gasteiger partial charge in [0.05, 0.1) is 11.4 Å². The molecule has 1 aliphatic rings. The fraction of sp³-hybridized carbons (Fsp3) is 0. The zero-order valence-electron chi connectivity index (χ0n) is 18.2. The Kier molecular flexibility index (Phi) is 4.66. The smallest absolute Gasteiger partial charge is 0.164 e. The molecule has 1 aromatic heterocycles. The second-order valence-electron chi connectivity index (χ2n) is 8.13. The normalized spacial score (nSPS) is 12.7. The lowest BCUT2D eigenvalue weighted by atomic mass is 9.89. The molecule has 0 unspecified atom stereocenters. The quantitative estimate of drug-likeness (QED) is 0.340. The van der Waals surface area contributed by atoms with E-state index >= 15 is 0 Å². The molecule has 0 radical (unpaired) electrons. The Bertz CT molecular complexity index is 1560. The summed E-state index contributed by atoms with van der Waals surface area (Å²) in [5.74, 6) is 1.79. The molecule has 0 spiro atoms. The van der Waals surface area contributed by atoms with Gasteiger partial charge >= 0.3 is 0 Å². The van der Waals surface area contributed by atoms with Crippen molar-refractivity contribution in [2.75, 3.05) is 0 Å². The molecule has 4 aromatic carbocycles. The highest BCUT2D eigenvalue weighted by Gasteiger charge is 2.19. The van der Waals surface area contributed by atoms with Gasteiger partial charge in [-0.1, -0.05) is 91.0 Å². The van der Waals surface area contributed by atoms with Crippen LogP contribution in [-0.4, -0.2) is 26.4 Å². The summed E-state index contributed by atoms with van der Waals surface area (Å²) in [6.07, 6.45) is 3.57. The monoisotopic (exact) mass is 437 g/mol. The molecule has 0 bridgehead atoms. The van der Waals surface area contributed by atoms with Crippen molar-refractivity contribution in [2.24, 2.45) is 0 Å². The number of rotatable bonds is 3. The Balaban J connectivity index is 1.58. The highest BCUT2D eigenvalue weighted by molar-refractivity contribution is 6.53. The van der Waals surface area contributed by atoms with E-state index in [1.165, 1.54) is 0 Å². The summed E-state index contributed by atoms with van der Waals surface area (Å²) >= 11 is 0. The molecule has 1 aliphatic carbocycles. The van der Waals surface area contributed by atoms with Gasteiger partial charge in [-0.2, -0.15) is 0 Å². The topological polar surface area (TPSA) is 86.4 Å². The van der Waals surface area contributed by atoms with Gasteiger partial charge < -0.3 is 0 Å². The van der Waals surface area contributed by atoms with E-state index in [4.69, 9.17) is 25.8 Å². The Morgan fingerprint density at radius 2 is 1.09 bits per heavy atom. The Hall–Kier alpha value is -4.77. The summed E-state index contributed by atoms with van der Waals surface area (Å²) in [4.78, 5) is 14.4. The van der Waals surface area contributed by atoms with Crippen molar-refractivity contribution in [3.05, 3.63) is 108 Å². The van der Waals surface area contributed by atoms with Crippen LogP contribution in [0.3, 0.4) is 0 Å². The number of nitrogens with one attached hydrogen (secondary N) is 2. The maximum absolute atomic E-state index is 8.51. The summed E-state index contributed by atoms with van der Waals surface area (Å²) in [6, 6.07) is 29.9. The van der Waals surface area contributed by atoms with E-state index < -0.39 is 0 Å². The van der Waals surface area contributed by atoms with Crippen LogP contribution in [0.2, 0.25) is 0 Å². The predicted octanol–water partition coefficient (Wildman–Crippen LogP) is 6.44. The van der Waals surface area contributed by atoms with E-state index in [9.17, 15) is 0 Å². The molecule has 0 saturated heterocycles. The number of benzene rings is 4. The molecule has 0 aliphatic heterocycles. The molecule has 6 rings (SSSR count).